The number of hydrogen-bond acceptors (Lipinski definition) is 0. The summed E-state index contributed by atoms with van der Waals surface area (Å²) in [4.78, 5) is 0. The molecular weight excluding hydrogens is 1370 g/mol. The van der Waals surface area contributed by atoms with E-state index in [0.717, 1.165) is 0 Å². The molecule has 0 saturated heterocycles. The van der Waals surface area contributed by atoms with Gasteiger partial charge in [-0.1, -0.05) is 0 Å². The third-order valence-corrected chi connectivity index (χ3v) is 243. The molecule has 26 atom stereocenters. The highest BCUT2D eigenvalue weighted by Crippen LogP contribution is 3.39. The van der Waals surface area contributed by atoms with Crippen molar-refractivity contribution in [2.24, 2.45) is 0 Å². The van der Waals surface area contributed by atoms with E-state index < -0.39 is 0 Å². The van der Waals surface area contributed by atoms with Crippen LogP contribution in [0.1, 0.15) is 0 Å². The van der Waals surface area contributed by atoms with Crippen molar-refractivity contribution in [3.63, 3.8) is 0 Å². The zero-order valence-electron chi connectivity index (χ0n) is 23.2. The van der Waals surface area contributed by atoms with Gasteiger partial charge in [-0.3, -0.25) is 0 Å². The van der Waals surface area contributed by atoms with Gasteiger partial charge in [0, 0.05) is 0 Å². The highest BCUT2D eigenvalue weighted by molar-refractivity contribution is 9.31. The average Bonchev–Trinajstić information content (AvgIpc) is 2.79. The first kappa shape index (κ1) is 63.9. The molecule has 0 spiro atoms. The van der Waals surface area contributed by atoms with E-state index in [1.807, 2.05) is 0 Å². The smallest absolute Gasteiger partial charge is 0.0855 e. The fraction of sp³-hybridized carbons (Fsp3) is 1.00. The van der Waals surface area contributed by atoms with Crippen molar-refractivity contribution in [2.75, 3.05) is 0 Å². The summed E-state index contributed by atoms with van der Waals surface area (Å²) in [5, 5.41) is 0. The molecule has 0 aromatic carbocycles. The Labute approximate surface area is 354 Å². The Morgan fingerprint density at radius 1 is 0.244 bits per heavy atom. The van der Waals surface area contributed by atoms with Crippen molar-refractivity contribution in [1.82, 2.24) is 0 Å². The van der Waals surface area contributed by atoms with Gasteiger partial charge in [0.05, 0.1) is 4.38 Å². The van der Waals surface area contributed by atoms with Crippen LogP contribution in [-0.4, -0.2) is 4.38 Å². The molecule has 0 saturated carbocycles. The first-order valence-corrected chi connectivity index (χ1v) is 86.9. The molecule has 44 heteroatoms. The Hall–Kier alpha value is 18.9. The Balaban J connectivity index is 9.63. The van der Waals surface area contributed by atoms with Crippen molar-refractivity contribution < 1.29 is 0 Å². The van der Waals surface area contributed by atoms with E-state index in [-0.39, 0.29) is 141 Å². The summed E-state index contributed by atoms with van der Waals surface area (Å²) in [6.07, 6.45) is 0. The highest BCUT2D eigenvalue weighted by atomic mass is 33.3. The Morgan fingerprint density at radius 2 is 0.422 bits per heavy atom. The minimum atomic E-state index is -0.338. The lowest BCUT2D eigenvalue weighted by Gasteiger charge is -2.66. The Kier molecular flexibility index (Phi) is 47.5. The molecule has 26 unspecified atom stereocenters. The molecule has 45 heavy (non-hydrogen) atoms. The minimum absolute atomic E-state index is 0.201. The fourth-order valence-corrected chi connectivity index (χ4v) is 457. The van der Waals surface area contributed by atoms with Gasteiger partial charge < -0.3 is 8.93 Å². The number of rotatable bonds is 20. The lowest BCUT2D eigenvalue weighted by Crippen LogP contribution is -2.12. The highest BCUT2D eigenvalue weighted by Gasteiger charge is 2.68. The third kappa shape index (κ3) is 20.4. The topological polar surface area (TPSA) is 0 Å². The molecule has 0 aromatic heterocycles. The average molecular weight is 1420 g/mol. The molecule has 0 aliphatic carbocycles. The largest absolute Gasteiger partial charge is 0.516 e. The first-order chi connectivity index (χ1) is 20.3. The van der Waals surface area contributed by atoms with Crippen LogP contribution >= 0.6 is 355 Å². The van der Waals surface area contributed by atoms with Crippen LogP contribution in [0.2, 0.25) is 0 Å². The molecular formula is CH47P44-. The molecule has 0 aliphatic rings. The van der Waals surface area contributed by atoms with Crippen LogP contribution in [0.3, 0.4) is 0 Å². The van der Waals surface area contributed by atoms with E-state index in [1.54, 1.807) is 0 Å². The molecule has 0 fully saturated rings. The molecule has 0 nitrogen and oxygen atoms in total. The van der Waals surface area contributed by atoms with E-state index in [9.17, 15) is 0 Å². The second-order valence-electron chi connectivity index (χ2n) is 7.36. The molecule has 0 amide bonds. The van der Waals surface area contributed by atoms with Gasteiger partial charge >= 0.3 is 0 Å². The second-order valence-corrected chi connectivity index (χ2v) is 173. The van der Waals surface area contributed by atoms with Gasteiger partial charge in [-0.15, -0.1) is 205 Å². The molecule has 0 N–H and O–H groups in total. The van der Waals surface area contributed by atoms with E-state index in [2.05, 4.69) is 214 Å². The maximum absolute atomic E-state index is 4.51. The van der Waals surface area contributed by atoms with Crippen LogP contribution in [0.5, 0.6) is 0 Å². The summed E-state index contributed by atoms with van der Waals surface area (Å²) in [6, 6.07) is 0. The van der Waals surface area contributed by atoms with Crippen molar-refractivity contribution in [3.8, 4) is 0 Å². The predicted molar refractivity (Wildman–Crippen MR) is 373 cm³/mol. The predicted octanol–water partition coefficient (Wildman–Crippen LogP) is 25.1. The zero-order valence-corrected chi connectivity index (χ0v) is 68.7. The van der Waals surface area contributed by atoms with E-state index >= 15 is 0 Å². The monoisotopic (exact) mass is 1420 g/mol. The maximum atomic E-state index is 4.51. The Morgan fingerprint density at radius 3 is 0.556 bits per heavy atom. The minimum Gasteiger partial charge on any atom is -0.516 e. The molecule has 0 aromatic rings. The van der Waals surface area contributed by atoms with Crippen LogP contribution in [0.4, 0.5) is 0 Å². The van der Waals surface area contributed by atoms with E-state index in [0.29, 0.717) is 4.38 Å². The van der Waals surface area contributed by atoms with Gasteiger partial charge in [-0.25, -0.2) is 6.99 Å². The summed E-state index contributed by atoms with van der Waals surface area (Å²) < 4.78 is 0.417. The van der Waals surface area contributed by atoms with Crippen molar-refractivity contribution >= 4 is 355 Å². The molecule has 0 heterocycles. The van der Waals surface area contributed by atoms with Crippen LogP contribution < -0.4 is 0 Å². The summed E-state index contributed by atoms with van der Waals surface area (Å²) in [5.41, 5.74) is 0. The van der Waals surface area contributed by atoms with Crippen LogP contribution in [0.15, 0.2) is 0 Å². The Bertz CT molecular complexity index is 625. The summed E-state index contributed by atoms with van der Waals surface area (Å²) >= 11 is 0. The van der Waals surface area contributed by atoms with Gasteiger partial charge in [0.2, 0.25) is 0 Å². The van der Waals surface area contributed by atoms with Gasteiger partial charge in [0.15, 0.2) is 0 Å². The standard InChI is InChI=1S/CH47P44/c2-30(3)26(31(4)5)1(27(32(6)7)33(8)9,28(42(34(10)11)35(12)13)43(36(14)15)37(16)17)29(44(38(18)19)39(20)21)45(40(22)23)41(24)25/h10H,2-9,11-25H2/q-1. The molecule has 0 radical (unpaired) electrons. The summed E-state index contributed by atoms with van der Waals surface area (Å²) in [6.45, 7) is -4.03. The number of hydrogen-bond donors (Lipinski definition) is 0. The first-order valence-electron chi connectivity index (χ1n) is 10.3. The van der Waals surface area contributed by atoms with Gasteiger partial charge in [-0.2, -0.15) is 0 Å². The maximum Gasteiger partial charge on any atom is 0.0855 e. The third-order valence-electron chi connectivity index (χ3n) is 4.26. The molecule has 0 aliphatic heterocycles. The summed E-state index contributed by atoms with van der Waals surface area (Å²) in [7, 11) is 82.8. The van der Waals surface area contributed by atoms with Gasteiger partial charge in [-0.05, 0) is 134 Å². The molecule has 0 rings (SSSR count). The fourth-order valence-electron chi connectivity index (χ4n) is 3.21. The van der Waals surface area contributed by atoms with Crippen molar-refractivity contribution in [2.45, 2.75) is 4.38 Å². The molecule has 0 bridgehead atoms. The SMILES string of the molecule is [PH-]P(P)P(P(P)P)P(P(P(P)P)P(P)P)C(P(P(P)P)P(P)P)(P(P(P)P)P(P)P)P(P(P(P)P)P(P)P)P(P(P)P)P(P)P. The lowest BCUT2D eigenvalue weighted by molar-refractivity contribution is 1.87. The quantitative estimate of drug-likeness (QED) is 0.107. The lowest BCUT2D eigenvalue weighted by atomic mass is 11.8. The van der Waals surface area contributed by atoms with Crippen LogP contribution in [0.25, 0.3) is 0 Å². The second kappa shape index (κ2) is 33.5. The van der Waals surface area contributed by atoms with E-state index in [1.165, 1.54) is 0 Å². The normalized spacial score (nSPS) is 16.5. The van der Waals surface area contributed by atoms with E-state index in [4.69, 9.17) is 0 Å². The zero-order chi connectivity index (χ0) is 36.0. The van der Waals surface area contributed by atoms with Crippen LogP contribution in [-0.2, 0) is 0 Å². The van der Waals surface area contributed by atoms with Crippen LogP contribution in [0, 0.1) is 0 Å². The van der Waals surface area contributed by atoms with Crippen molar-refractivity contribution in [3.05, 3.63) is 0 Å². The van der Waals surface area contributed by atoms with Gasteiger partial charge in [0.25, 0.3) is 0 Å². The summed E-state index contributed by atoms with van der Waals surface area (Å²) in [5.74, 6) is 0. The van der Waals surface area contributed by atoms with Crippen molar-refractivity contribution in [1.29, 1.82) is 0 Å². The molecule has 272 valence electrons. The van der Waals surface area contributed by atoms with Gasteiger partial charge in [0.1, 0.15) is 0 Å².